The van der Waals surface area contributed by atoms with Crippen LogP contribution in [0.3, 0.4) is 0 Å². The van der Waals surface area contributed by atoms with E-state index in [1.165, 1.54) is 24.8 Å². The lowest BCUT2D eigenvalue weighted by Crippen LogP contribution is -2.27. The fraction of sp³-hybridized carbons (Fsp3) is 0.368. The van der Waals surface area contributed by atoms with Gasteiger partial charge in [0.1, 0.15) is 0 Å². The number of hydrogen-bond acceptors (Lipinski definition) is 6. The minimum absolute atomic E-state index is 0.0865. The van der Waals surface area contributed by atoms with E-state index in [9.17, 15) is 20.2 Å². The molecule has 1 aromatic carbocycles. The number of carbonyl (C=O) groups excluding carboxylic acids is 1. The van der Waals surface area contributed by atoms with Crippen molar-refractivity contribution in [2.45, 2.75) is 39.5 Å². The van der Waals surface area contributed by atoms with Crippen molar-refractivity contribution in [1.29, 1.82) is 5.26 Å². The van der Waals surface area contributed by atoms with Gasteiger partial charge in [-0.25, -0.2) is 0 Å². The Morgan fingerprint density at radius 1 is 1.42 bits per heavy atom. The molecule has 0 saturated carbocycles. The first-order chi connectivity index (χ1) is 12.4. The van der Waals surface area contributed by atoms with E-state index >= 15 is 0 Å². The van der Waals surface area contributed by atoms with Crippen LogP contribution in [0.1, 0.15) is 45.1 Å². The molecule has 6 nitrogen and oxygen atoms in total. The Morgan fingerprint density at radius 3 is 2.69 bits per heavy atom. The van der Waals surface area contributed by atoms with Crippen molar-refractivity contribution in [2.24, 2.45) is 0 Å². The number of allylic oxidation sites excluding steroid dienone is 3. The summed E-state index contributed by atoms with van der Waals surface area (Å²) in [6.07, 6.45) is 2.02. The molecule has 1 aliphatic rings. The molecule has 7 heteroatoms. The molecular weight excluding hydrogens is 350 g/mol. The second-order valence-corrected chi connectivity index (χ2v) is 7.13. The zero-order chi connectivity index (χ0) is 19.3. The Labute approximate surface area is 157 Å². The number of carbonyl (C=O) groups is 1. The third-order valence-electron chi connectivity index (χ3n) is 4.22. The number of hydrogen-bond donors (Lipinski definition) is 1. The van der Waals surface area contributed by atoms with Crippen LogP contribution in [0, 0.1) is 21.4 Å². The summed E-state index contributed by atoms with van der Waals surface area (Å²) >= 11 is 1.52. The molecule has 0 radical (unpaired) electrons. The Balaban J connectivity index is 2.65. The van der Waals surface area contributed by atoms with Crippen LogP contribution in [-0.2, 0) is 4.79 Å². The predicted octanol–water partition coefficient (Wildman–Crippen LogP) is 4.41. The number of para-hydroxylation sites is 1. The predicted molar refractivity (Wildman–Crippen MR) is 102 cm³/mol. The first kappa shape index (κ1) is 19.7. The molecule has 0 aliphatic carbocycles. The maximum absolute atomic E-state index is 12.3. The van der Waals surface area contributed by atoms with E-state index in [4.69, 9.17) is 0 Å². The molecule has 1 unspecified atom stereocenters. The summed E-state index contributed by atoms with van der Waals surface area (Å²) in [6, 6.07) is 8.49. The van der Waals surface area contributed by atoms with Crippen LogP contribution < -0.4 is 5.32 Å². The lowest BCUT2D eigenvalue weighted by atomic mass is 9.80. The number of rotatable bonds is 7. The van der Waals surface area contributed by atoms with Gasteiger partial charge in [-0.3, -0.25) is 14.9 Å². The molecule has 0 aromatic heterocycles. The number of benzene rings is 1. The second-order valence-electron chi connectivity index (χ2n) is 6.03. The van der Waals surface area contributed by atoms with Gasteiger partial charge in [-0.05, 0) is 26.0 Å². The van der Waals surface area contributed by atoms with E-state index in [0.717, 1.165) is 18.6 Å². The first-order valence-corrected chi connectivity index (χ1v) is 9.40. The van der Waals surface area contributed by atoms with Crippen LogP contribution in [0.4, 0.5) is 5.69 Å². The summed E-state index contributed by atoms with van der Waals surface area (Å²) in [5.74, 6) is -0.107. The normalized spacial score (nSPS) is 16.9. The molecule has 1 atom stereocenters. The molecule has 1 aromatic rings. The second kappa shape index (κ2) is 8.68. The third-order valence-corrected chi connectivity index (χ3v) is 5.32. The molecule has 2 rings (SSSR count). The Bertz CT molecular complexity index is 837. The summed E-state index contributed by atoms with van der Waals surface area (Å²) in [5, 5.41) is 25.1. The van der Waals surface area contributed by atoms with E-state index < -0.39 is 10.8 Å². The fourth-order valence-corrected chi connectivity index (χ4v) is 4.20. The highest BCUT2D eigenvalue weighted by atomic mass is 32.2. The van der Waals surface area contributed by atoms with Gasteiger partial charge in [-0.15, -0.1) is 11.8 Å². The molecule has 1 heterocycles. The van der Waals surface area contributed by atoms with Crippen molar-refractivity contribution >= 4 is 23.2 Å². The van der Waals surface area contributed by atoms with Gasteiger partial charge in [0.15, 0.2) is 5.78 Å². The van der Waals surface area contributed by atoms with E-state index in [1.807, 2.05) is 0 Å². The van der Waals surface area contributed by atoms with E-state index in [0.29, 0.717) is 27.4 Å². The van der Waals surface area contributed by atoms with Crippen LogP contribution in [0.25, 0.3) is 0 Å². The van der Waals surface area contributed by atoms with Gasteiger partial charge in [0.25, 0.3) is 5.69 Å². The topological polar surface area (TPSA) is 96.0 Å². The number of thioether (sulfide) groups is 1. The van der Waals surface area contributed by atoms with Gasteiger partial charge in [0, 0.05) is 22.9 Å². The zero-order valence-corrected chi connectivity index (χ0v) is 15.9. The largest absolute Gasteiger partial charge is 0.353 e. The molecule has 0 amide bonds. The number of nitriles is 1. The summed E-state index contributed by atoms with van der Waals surface area (Å²) < 4.78 is 0. The molecule has 0 fully saturated rings. The summed E-state index contributed by atoms with van der Waals surface area (Å²) in [4.78, 5) is 23.3. The van der Waals surface area contributed by atoms with Crippen LogP contribution >= 0.6 is 11.8 Å². The first-order valence-electron chi connectivity index (χ1n) is 8.41. The highest BCUT2D eigenvalue weighted by Crippen LogP contribution is 2.43. The maximum atomic E-state index is 12.3. The average molecular weight is 371 g/mol. The molecule has 0 bridgehead atoms. The number of Topliss-reactive ketones (excluding diaryl/α,β-unsaturated/α-hetero) is 1. The van der Waals surface area contributed by atoms with Crippen LogP contribution in [0.15, 0.2) is 46.1 Å². The summed E-state index contributed by atoms with van der Waals surface area (Å²) in [6.45, 7) is 5.28. The van der Waals surface area contributed by atoms with Crippen molar-refractivity contribution in [3.05, 3.63) is 61.8 Å². The van der Waals surface area contributed by atoms with Gasteiger partial charge in [-0.2, -0.15) is 5.26 Å². The smallest absolute Gasteiger partial charge is 0.273 e. The van der Waals surface area contributed by atoms with Gasteiger partial charge < -0.3 is 5.32 Å². The summed E-state index contributed by atoms with van der Waals surface area (Å²) in [7, 11) is 0. The van der Waals surface area contributed by atoms with Crippen molar-refractivity contribution in [3.8, 4) is 6.07 Å². The lowest BCUT2D eigenvalue weighted by molar-refractivity contribution is -0.385. The molecule has 1 aliphatic heterocycles. The van der Waals surface area contributed by atoms with Gasteiger partial charge in [0.05, 0.1) is 27.5 Å². The molecule has 0 saturated heterocycles. The molecular formula is C19H21N3O3S. The van der Waals surface area contributed by atoms with Crippen LogP contribution in [0.2, 0.25) is 0 Å². The standard InChI is InChI=1S/C19H21N3O3S/c1-4-5-10-26-19-15(11-20)18(17(13(3)23)12(2)21-19)14-8-6-7-9-16(14)22(24)25/h6-9,18,21H,4-5,10H2,1-3H3. The molecule has 26 heavy (non-hydrogen) atoms. The average Bonchev–Trinajstić information content (AvgIpc) is 2.61. The van der Waals surface area contributed by atoms with Crippen LogP contribution in [0.5, 0.6) is 0 Å². The fourth-order valence-electron chi connectivity index (χ4n) is 3.02. The third kappa shape index (κ3) is 3.97. The summed E-state index contributed by atoms with van der Waals surface area (Å²) in [5.41, 5.74) is 1.68. The van der Waals surface area contributed by atoms with Crippen molar-refractivity contribution < 1.29 is 9.72 Å². The van der Waals surface area contributed by atoms with Crippen molar-refractivity contribution in [1.82, 2.24) is 5.32 Å². The Hall–Kier alpha value is -2.59. The zero-order valence-electron chi connectivity index (χ0n) is 15.0. The molecule has 0 spiro atoms. The van der Waals surface area contributed by atoms with Crippen LogP contribution in [-0.4, -0.2) is 16.5 Å². The number of nitro benzene ring substituents is 1. The van der Waals surface area contributed by atoms with Gasteiger partial charge >= 0.3 is 0 Å². The SMILES string of the molecule is CCCCSC1=C(C#N)C(c2ccccc2[N+](=O)[O-])C(C(C)=O)=C(C)N1. The lowest BCUT2D eigenvalue weighted by Gasteiger charge is -2.29. The Kier molecular flexibility index (Phi) is 6.58. The van der Waals surface area contributed by atoms with Crippen molar-refractivity contribution in [2.75, 3.05) is 5.75 Å². The highest BCUT2D eigenvalue weighted by Gasteiger charge is 2.36. The highest BCUT2D eigenvalue weighted by molar-refractivity contribution is 8.03. The number of nitrogens with zero attached hydrogens (tertiary/aromatic N) is 2. The molecule has 1 N–H and O–H groups in total. The minimum atomic E-state index is -0.732. The number of dihydropyridines is 1. The molecule has 136 valence electrons. The van der Waals surface area contributed by atoms with Gasteiger partial charge in [0.2, 0.25) is 0 Å². The number of nitro groups is 1. The number of unbranched alkanes of at least 4 members (excludes halogenated alkanes) is 1. The van der Waals surface area contributed by atoms with E-state index in [2.05, 4.69) is 18.3 Å². The van der Waals surface area contributed by atoms with E-state index in [1.54, 1.807) is 25.1 Å². The minimum Gasteiger partial charge on any atom is -0.353 e. The number of ketones is 1. The van der Waals surface area contributed by atoms with Crippen molar-refractivity contribution in [3.63, 3.8) is 0 Å². The van der Waals surface area contributed by atoms with E-state index in [-0.39, 0.29) is 11.5 Å². The number of nitrogens with one attached hydrogen (secondary N) is 1. The quantitative estimate of drug-likeness (QED) is 0.433. The monoisotopic (exact) mass is 371 g/mol. The van der Waals surface area contributed by atoms with Gasteiger partial charge in [-0.1, -0.05) is 31.5 Å². The Morgan fingerprint density at radius 2 is 2.12 bits per heavy atom. The maximum Gasteiger partial charge on any atom is 0.273 e.